The lowest BCUT2D eigenvalue weighted by molar-refractivity contribution is 0.422. The van der Waals surface area contributed by atoms with E-state index < -0.39 is 39.1 Å². The summed E-state index contributed by atoms with van der Waals surface area (Å²) in [6, 6.07) is 8.00. The highest BCUT2D eigenvalue weighted by Crippen LogP contribution is 2.44. The Balaban J connectivity index is 2.02. The first-order valence-electron chi connectivity index (χ1n) is 10.9. The number of rotatable bonds is 5. The van der Waals surface area contributed by atoms with Crippen molar-refractivity contribution < 1.29 is 18.3 Å². The monoisotopic (exact) mass is 555 g/mol. The van der Waals surface area contributed by atoms with E-state index in [9.17, 15) is 13.9 Å². The van der Waals surface area contributed by atoms with Gasteiger partial charge in [-0.15, -0.1) is 0 Å². The standard InChI is InChI=1S/C26H26Cl2F3N3OS/c1-25(2,3)16-10-15(11-17(21(16)35)26(4,5)6)36-22-19(29)23(31)33-24(20(22)30)34-32-12-13-7-8-14(27)9-18(13)28/h7-12,35H,1-6H3,(H,33,34). The van der Waals surface area contributed by atoms with Crippen LogP contribution in [-0.2, 0) is 10.8 Å². The summed E-state index contributed by atoms with van der Waals surface area (Å²) in [5.74, 6) is -4.48. The predicted octanol–water partition coefficient (Wildman–Crippen LogP) is 8.70. The minimum Gasteiger partial charge on any atom is -0.507 e. The number of aromatic nitrogens is 1. The fourth-order valence-corrected chi connectivity index (χ4v) is 4.76. The number of hydrogen-bond donors (Lipinski definition) is 2. The molecular weight excluding hydrogens is 530 g/mol. The van der Waals surface area contributed by atoms with Gasteiger partial charge in [-0.1, -0.05) is 82.6 Å². The number of phenols is 1. The lowest BCUT2D eigenvalue weighted by Gasteiger charge is -2.28. The average molecular weight is 556 g/mol. The molecule has 0 bridgehead atoms. The summed E-state index contributed by atoms with van der Waals surface area (Å²) in [4.78, 5) is 3.17. The first-order chi connectivity index (χ1) is 16.6. The molecule has 0 saturated carbocycles. The van der Waals surface area contributed by atoms with E-state index in [1.165, 1.54) is 12.3 Å². The molecule has 3 rings (SSSR count). The van der Waals surface area contributed by atoms with Gasteiger partial charge in [0.1, 0.15) is 5.75 Å². The molecule has 0 amide bonds. The van der Waals surface area contributed by atoms with Crippen molar-refractivity contribution in [3.05, 3.63) is 74.6 Å². The molecule has 0 atom stereocenters. The third-order valence-electron chi connectivity index (χ3n) is 5.25. The van der Waals surface area contributed by atoms with E-state index >= 15 is 4.39 Å². The van der Waals surface area contributed by atoms with E-state index in [1.807, 2.05) is 41.5 Å². The molecule has 2 N–H and O–H groups in total. The van der Waals surface area contributed by atoms with Crippen LogP contribution in [0.15, 0.2) is 45.2 Å². The minimum absolute atomic E-state index is 0.124. The SMILES string of the molecule is CC(C)(C)c1cc(Sc2c(F)c(F)nc(NN=Cc3ccc(Cl)cc3Cl)c2F)cc(C(C)(C)C)c1O. The van der Waals surface area contributed by atoms with Crippen LogP contribution >= 0.6 is 35.0 Å². The Hall–Kier alpha value is -2.42. The van der Waals surface area contributed by atoms with Crippen LogP contribution in [-0.4, -0.2) is 16.3 Å². The number of pyridine rings is 1. The highest BCUT2D eigenvalue weighted by Gasteiger charge is 2.28. The van der Waals surface area contributed by atoms with Crippen LogP contribution in [0.25, 0.3) is 0 Å². The first kappa shape index (κ1) is 28.2. The van der Waals surface area contributed by atoms with Crippen molar-refractivity contribution in [2.24, 2.45) is 5.10 Å². The van der Waals surface area contributed by atoms with Gasteiger partial charge in [-0.3, -0.25) is 5.43 Å². The number of aromatic hydroxyl groups is 1. The topological polar surface area (TPSA) is 57.5 Å². The number of nitrogens with zero attached hydrogens (tertiary/aromatic N) is 2. The van der Waals surface area contributed by atoms with Crippen molar-refractivity contribution in [1.82, 2.24) is 4.98 Å². The van der Waals surface area contributed by atoms with Crippen molar-refractivity contribution in [3.8, 4) is 5.75 Å². The molecule has 36 heavy (non-hydrogen) atoms. The van der Waals surface area contributed by atoms with E-state index in [1.54, 1.807) is 24.3 Å². The summed E-state index contributed by atoms with van der Waals surface area (Å²) < 4.78 is 44.3. The highest BCUT2D eigenvalue weighted by molar-refractivity contribution is 7.99. The summed E-state index contributed by atoms with van der Waals surface area (Å²) in [7, 11) is 0. The fourth-order valence-electron chi connectivity index (χ4n) is 3.35. The maximum atomic E-state index is 15.3. The Morgan fingerprint density at radius 1 is 0.944 bits per heavy atom. The van der Waals surface area contributed by atoms with Crippen molar-refractivity contribution in [2.45, 2.75) is 62.2 Å². The number of benzene rings is 2. The van der Waals surface area contributed by atoms with Gasteiger partial charge in [0.2, 0.25) is 0 Å². The molecule has 3 aromatic rings. The van der Waals surface area contributed by atoms with Crippen LogP contribution in [0.2, 0.25) is 10.0 Å². The van der Waals surface area contributed by atoms with Crippen LogP contribution in [0.4, 0.5) is 19.0 Å². The molecule has 0 fully saturated rings. The second-order valence-electron chi connectivity index (χ2n) is 10.2. The van der Waals surface area contributed by atoms with Gasteiger partial charge in [-0.25, -0.2) is 8.78 Å². The van der Waals surface area contributed by atoms with E-state index in [2.05, 4.69) is 15.5 Å². The van der Waals surface area contributed by atoms with Crippen LogP contribution in [0.5, 0.6) is 5.75 Å². The lowest BCUT2D eigenvalue weighted by atomic mass is 9.79. The molecule has 2 aromatic carbocycles. The van der Waals surface area contributed by atoms with Crippen molar-refractivity contribution in [3.63, 3.8) is 0 Å². The molecule has 0 saturated heterocycles. The number of nitrogens with one attached hydrogen (secondary N) is 1. The molecule has 10 heteroatoms. The Labute approximate surface area is 222 Å². The van der Waals surface area contributed by atoms with E-state index in [-0.39, 0.29) is 5.75 Å². The summed E-state index contributed by atoms with van der Waals surface area (Å²) in [5, 5.41) is 15.5. The molecule has 0 spiro atoms. The second kappa shape index (κ2) is 10.5. The van der Waals surface area contributed by atoms with Crippen LogP contribution in [0, 0.1) is 17.6 Å². The van der Waals surface area contributed by atoms with Crippen molar-refractivity contribution in [2.75, 3.05) is 5.43 Å². The van der Waals surface area contributed by atoms with Gasteiger partial charge in [0.25, 0.3) is 5.95 Å². The summed E-state index contributed by atoms with van der Waals surface area (Å²) in [6.45, 7) is 11.5. The average Bonchev–Trinajstić information content (AvgIpc) is 2.75. The zero-order valence-electron chi connectivity index (χ0n) is 20.6. The molecule has 0 aliphatic carbocycles. The van der Waals surface area contributed by atoms with Crippen LogP contribution in [0.1, 0.15) is 58.2 Å². The molecule has 0 aliphatic rings. The molecule has 192 valence electrons. The summed E-state index contributed by atoms with van der Waals surface area (Å²) in [5.41, 5.74) is 3.09. The lowest BCUT2D eigenvalue weighted by Crippen LogP contribution is -2.17. The molecule has 1 aromatic heterocycles. The zero-order valence-corrected chi connectivity index (χ0v) is 22.9. The Morgan fingerprint density at radius 3 is 2.06 bits per heavy atom. The largest absolute Gasteiger partial charge is 0.507 e. The van der Waals surface area contributed by atoms with Crippen molar-refractivity contribution in [1.29, 1.82) is 0 Å². The van der Waals surface area contributed by atoms with E-state index in [4.69, 9.17) is 23.2 Å². The number of halogens is 5. The van der Waals surface area contributed by atoms with Crippen molar-refractivity contribution >= 4 is 47.0 Å². The quantitative estimate of drug-likeness (QED) is 0.188. The Bertz CT molecular complexity index is 1300. The second-order valence-corrected chi connectivity index (χ2v) is 12.1. The maximum absolute atomic E-state index is 15.3. The third kappa shape index (κ3) is 6.28. The fraction of sp³-hybridized carbons (Fsp3) is 0.308. The molecule has 1 heterocycles. The number of hydrazone groups is 1. The summed E-state index contributed by atoms with van der Waals surface area (Å²) in [6.07, 6.45) is 1.28. The van der Waals surface area contributed by atoms with Gasteiger partial charge in [0, 0.05) is 26.6 Å². The predicted molar refractivity (Wildman–Crippen MR) is 141 cm³/mol. The first-order valence-corrected chi connectivity index (χ1v) is 12.5. The smallest absolute Gasteiger partial charge is 0.252 e. The molecule has 0 aliphatic heterocycles. The van der Waals surface area contributed by atoms with Gasteiger partial charge in [0.05, 0.1) is 16.1 Å². The van der Waals surface area contributed by atoms with Crippen LogP contribution < -0.4 is 5.43 Å². The number of anilines is 1. The molecule has 0 unspecified atom stereocenters. The zero-order chi connectivity index (χ0) is 27.0. The normalized spacial score (nSPS) is 12.4. The van der Waals surface area contributed by atoms with E-state index in [0.717, 1.165) is 0 Å². The van der Waals surface area contributed by atoms with Gasteiger partial charge >= 0.3 is 0 Å². The third-order valence-corrected chi connectivity index (χ3v) is 6.85. The van der Waals surface area contributed by atoms with Gasteiger partial charge in [-0.2, -0.15) is 14.5 Å². The van der Waals surface area contributed by atoms with Gasteiger partial charge in [0.15, 0.2) is 17.5 Å². The van der Waals surface area contributed by atoms with Gasteiger partial charge < -0.3 is 5.11 Å². The van der Waals surface area contributed by atoms with E-state index in [0.29, 0.717) is 43.4 Å². The minimum atomic E-state index is -1.48. The number of hydrogen-bond acceptors (Lipinski definition) is 5. The highest BCUT2D eigenvalue weighted by atomic mass is 35.5. The number of phenolic OH excluding ortho intramolecular Hbond substituents is 1. The van der Waals surface area contributed by atoms with Crippen LogP contribution in [0.3, 0.4) is 0 Å². The Morgan fingerprint density at radius 2 is 1.53 bits per heavy atom. The van der Waals surface area contributed by atoms with Gasteiger partial charge in [-0.05, 0) is 35.1 Å². The summed E-state index contributed by atoms with van der Waals surface area (Å²) >= 11 is 12.6. The Kier molecular flexibility index (Phi) is 8.23. The molecule has 0 radical (unpaired) electrons. The molecule has 4 nitrogen and oxygen atoms in total. The molecular formula is C26H26Cl2F3N3OS. The maximum Gasteiger partial charge on any atom is 0.252 e.